The van der Waals surface area contributed by atoms with Crippen LogP contribution in [-0.4, -0.2) is 30.9 Å². The molecule has 0 aliphatic rings. The molecular weight excluding hydrogens is 452 g/mol. The molecule has 0 spiro atoms. The minimum Gasteiger partial charge on any atom is -0.492 e. The van der Waals surface area contributed by atoms with Crippen LogP contribution in [0, 0.1) is 0 Å². The molecule has 0 saturated carbocycles. The van der Waals surface area contributed by atoms with E-state index in [0.29, 0.717) is 24.7 Å². The van der Waals surface area contributed by atoms with E-state index in [-0.39, 0.29) is 11.0 Å². The van der Waals surface area contributed by atoms with E-state index in [9.17, 15) is 4.79 Å². The summed E-state index contributed by atoms with van der Waals surface area (Å²) in [6.07, 6.45) is 5.34. The monoisotopic (exact) mass is 480 g/mol. The molecule has 0 radical (unpaired) electrons. The summed E-state index contributed by atoms with van der Waals surface area (Å²) in [5.41, 5.74) is 3.53. The second-order valence-electron chi connectivity index (χ2n) is 9.54. The SMILES string of the molecule is CC(C)(C)c1ccc(OCCn2c(=O)ccc3cnc(Nc4ccc(-n5cccn5)cc4)nc32)cc1. The number of fused-ring (bicyclic) bond motifs is 1. The quantitative estimate of drug-likeness (QED) is 0.349. The van der Waals surface area contributed by atoms with Crippen LogP contribution in [0.1, 0.15) is 26.3 Å². The molecule has 0 aliphatic heterocycles. The van der Waals surface area contributed by atoms with Gasteiger partial charge in [0.05, 0.1) is 12.2 Å². The number of anilines is 2. The fourth-order valence-electron chi connectivity index (χ4n) is 3.90. The Morgan fingerprint density at radius 1 is 0.972 bits per heavy atom. The molecule has 0 atom stereocenters. The van der Waals surface area contributed by atoms with Crippen LogP contribution in [-0.2, 0) is 12.0 Å². The second kappa shape index (κ2) is 9.65. The Labute approximate surface area is 209 Å². The van der Waals surface area contributed by atoms with Crippen molar-refractivity contribution in [3.05, 3.63) is 101 Å². The summed E-state index contributed by atoms with van der Waals surface area (Å²) in [5, 5.41) is 8.24. The molecule has 0 saturated heterocycles. The molecule has 5 rings (SSSR count). The van der Waals surface area contributed by atoms with Gasteiger partial charge < -0.3 is 10.1 Å². The molecule has 0 fully saturated rings. The average molecular weight is 481 g/mol. The van der Waals surface area contributed by atoms with Gasteiger partial charge in [-0.05, 0) is 59.5 Å². The van der Waals surface area contributed by atoms with Crippen molar-refractivity contribution in [3.8, 4) is 11.4 Å². The van der Waals surface area contributed by atoms with E-state index >= 15 is 0 Å². The number of hydrogen-bond acceptors (Lipinski definition) is 6. The van der Waals surface area contributed by atoms with Crippen LogP contribution in [0.15, 0.2) is 90.1 Å². The van der Waals surface area contributed by atoms with Crippen molar-refractivity contribution in [2.45, 2.75) is 32.7 Å². The zero-order valence-corrected chi connectivity index (χ0v) is 20.5. The summed E-state index contributed by atoms with van der Waals surface area (Å²) >= 11 is 0. The van der Waals surface area contributed by atoms with Crippen LogP contribution in [0.3, 0.4) is 0 Å². The lowest BCUT2D eigenvalue weighted by molar-refractivity contribution is 0.298. The molecular formula is C28H28N6O2. The molecule has 5 aromatic rings. The number of benzene rings is 2. The van der Waals surface area contributed by atoms with Gasteiger partial charge in [-0.15, -0.1) is 0 Å². The third-order valence-corrected chi connectivity index (χ3v) is 5.92. The largest absolute Gasteiger partial charge is 0.492 e. The molecule has 3 heterocycles. The van der Waals surface area contributed by atoms with Gasteiger partial charge in [0.1, 0.15) is 18.0 Å². The molecule has 36 heavy (non-hydrogen) atoms. The third kappa shape index (κ3) is 5.12. The topological polar surface area (TPSA) is 86.9 Å². The summed E-state index contributed by atoms with van der Waals surface area (Å²) in [6, 6.07) is 21.0. The van der Waals surface area contributed by atoms with Crippen LogP contribution in [0.25, 0.3) is 16.7 Å². The Kier molecular flexibility index (Phi) is 6.25. The second-order valence-corrected chi connectivity index (χ2v) is 9.54. The van der Waals surface area contributed by atoms with Gasteiger partial charge in [-0.3, -0.25) is 9.36 Å². The van der Waals surface area contributed by atoms with Crippen molar-refractivity contribution in [2.24, 2.45) is 0 Å². The van der Waals surface area contributed by atoms with E-state index < -0.39 is 0 Å². The molecule has 2 aromatic carbocycles. The minimum absolute atomic E-state index is 0.0854. The van der Waals surface area contributed by atoms with E-state index in [0.717, 1.165) is 22.5 Å². The van der Waals surface area contributed by atoms with Crippen molar-refractivity contribution in [3.63, 3.8) is 0 Å². The molecule has 0 aliphatic carbocycles. The summed E-state index contributed by atoms with van der Waals surface area (Å²) in [5.74, 6) is 1.18. The van der Waals surface area contributed by atoms with Crippen LogP contribution in [0.4, 0.5) is 11.6 Å². The Hall–Kier alpha value is -4.46. The lowest BCUT2D eigenvalue weighted by Gasteiger charge is -2.19. The number of rotatable bonds is 7. The Balaban J connectivity index is 1.31. The molecule has 0 amide bonds. The number of pyridine rings is 1. The fourth-order valence-corrected chi connectivity index (χ4v) is 3.90. The average Bonchev–Trinajstić information content (AvgIpc) is 3.41. The van der Waals surface area contributed by atoms with Crippen LogP contribution < -0.4 is 15.6 Å². The van der Waals surface area contributed by atoms with Gasteiger partial charge in [0.15, 0.2) is 0 Å². The Bertz CT molecular complexity index is 1520. The maximum atomic E-state index is 12.7. The van der Waals surface area contributed by atoms with Crippen LogP contribution >= 0.6 is 0 Å². The highest BCUT2D eigenvalue weighted by Crippen LogP contribution is 2.24. The molecule has 1 N–H and O–H groups in total. The third-order valence-electron chi connectivity index (χ3n) is 5.92. The smallest absolute Gasteiger partial charge is 0.252 e. The van der Waals surface area contributed by atoms with E-state index in [1.807, 2.05) is 48.7 Å². The predicted octanol–water partition coefficient (Wildman–Crippen LogP) is 5.10. The number of ether oxygens (including phenoxy) is 1. The molecule has 8 heteroatoms. The summed E-state index contributed by atoms with van der Waals surface area (Å²) in [4.78, 5) is 21.7. The number of hydrogen-bond donors (Lipinski definition) is 1. The van der Waals surface area contributed by atoms with Gasteiger partial charge in [-0.1, -0.05) is 32.9 Å². The minimum atomic E-state index is -0.137. The van der Waals surface area contributed by atoms with E-state index in [1.165, 1.54) is 11.6 Å². The van der Waals surface area contributed by atoms with Gasteiger partial charge in [-0.25, -0.2) is 9.67 Å². The first-order valence-electron chi connectivity index (χ1n) is 11.8. The van der Waals surface area contributed by atoms with Gasteiger partial charge in [0.2, 0.25) is 5.95 Å². The highest BCUT2D eigenvalue weighted by Gasteiger charge is 2.13. The molecule has 0 bridgehead atoms. The van der Waals surface area contributed by atoms with Crippen LogP contribution in [0.2, 0.25) is 0 Å². The molecule has 182 valence electrons. The van der Waals surface area contributed by atoms with Gasteiger partial charge in [0, 0.05) is 35.7 Å². The van der Waals surface area contributed by atoms with E-state index in [1.54, 1.807) is 27.7 Å². The summed E-state index contributed by atoms with van der Waals surface area (Å²) in [7, 11) is 0. The highest BCUT2D eigenvalue weighted by atomic mass is 16.5. The van der Waals surface area contributed by atoms with Gasteiger partial charge in [0.25, 0.3) is 5.56 Å². The zero-order valence-electron chi connectivity index (χ0n) is 20.5. The lowest BCUT2D eigenvalue weighted by atomic mass is 9.87. The Morgan fingerprint density at radius 2 is 1.75 bits per heavy atom. The van der Waals surface area contributed by atoms with E-state index in [4.69, 9.17) is 4.74 Å². The first-order valence-corrected chi connectivity index (χ1v) is 11.8. The van der Waals surface area contributed by atoms with Gasteiger partial charge >= 0.3 is 0 Å². The number of aromatic nitrogens is 5. The standard InChI is InChI=1S/C28H28N6O2/c1-28(2,3)21-6-12-24(13-7-21)36-18-17-33-25(35)14-5-20-19-29-27(32-26(20)33)31-22-8-10-23(11-9-22)34-16-4-15-30-34/h4-16,19H,17-18H2,1-3H3,(H,29,31,32). The maximum absolute atomic E-state index is 12.7. The van der Waals surface area contributed by atoms with Crippen LogP contribution in [0.5, 0.6) is 5.75 Å². The Morgan fingerprint density at radius 3 is 2.44 bits per heavy atom. The van der Waals surface area contributed by atoms with Crippen molar-refractivity contribution >= 4 is 22.7 Å². The highest BCUT2D eigenvalue weighted by molar-refractivity contribution is 5.75. The summed E-state index contributed by atoms with van der Waals surface area (Å²) in [6.45, 7) is 7.24. The normalized spacial score (nSPS) is 11.5. The van der Waals surface area contributed by atoms with E-state index in [2.05, 4.69) is 53.3 Å². The van der Waals surface area contributed by atoms with Crippen molar-refractivity contribution in [2.75, 3.05) is 11.9 Å². The zero-order chi connectivity index (χ0) is 25.1. The lowest BCUT2D eigenvalue weighted by Crippen LogP contribution is -2.23. The molecule has 0 unspecified atom stereocenters. The van der Waals surface area contributed by atoms with Gasteiger partial charge in [-0.2, -0.15) is 10.1 Å². The van der Waals surface area contributed by atoms with Crippen molar-refractivity contribution in [1.29, 1.82) is 0 Å². The first-order chi connectivity index (χ1) is 17.4. The van der Waals surface area contributed by atoms with Crippen molar-refractivity contribution in [1.82, 2.24) is 24.3 Å². The number of nitrogens with zero attached hydrogens (tertiary/aromatic N) is 5. The molecule has 3 aromatic heterocycles. The fraction of sp³-hybridized carbons (Fsp3) is 0.214. The molecule has 8 nitrogen and oxygen atoms in total. The first kappa shape index (κ1) is 23.3. The predicted molar refractivity (Wildman–Crippen MR) is 141 cm³/mol. The number of nitrogens with one attached hydrogen (secondary N) is 1. The van der Waals surface area contributed by atoms with Crippen molar-refractivity contribution < 1.29 is 4.74 Å². The summed E-state index contributed by atoms with van der Waals surface area (Å²) < 4.78 is 9.33. The maximum Gasteiger partial charge on any atom is 0.252 e.